The number of anilines is 1. The summed E-state index contributed by atoms with van der Waals surface area (Å²) in [5.74, 6) is -0.491. The number of hydrogen-bond acceptors (Lipinski definition) is 2. The van der Waals surface area contributed by atoms with Crippen LogP contribution < -0.4 is 15.2 Å². The highest BCUT2D eigenvalue weighted by Crippen LogP contribution is 2.27. The minimum absolute atomic E-state index is 0.00608. The van der Waals surface area contributed by atoms with Crippen LogP contribution in [0.4, 0.5) is 5.69 Å². The third-order valence-corrected chi connectivity index (χ3v) is 3.65. The Morgan fingerprint density at radius 1 is 1.19 bits per heavy atom. The van der Waals surface area contributed by atoms with E-state index in [0.717, 1.165) is 12.1 Å². The van der Waals surface area contributed by atoms with Gasteiger partial charge in [-0.2, -0.15) is 4.57 Å². The number of fused-ring (bicyclic) bond motifs is 1. The van der Waals surface area contributed by atoms with Crippen molar-refractivity contribution < 1.29 is 14.2 Å². The monoisotopic (exact) mass is 282 g/mol. The maximum atomic E-state index is 12.4. The van der Waals surface area contributed by atoms with Crippen LogP contribution in [0.3, 0.4) is 0 Å². The van der Waals surface area contributed by atoms with Crippen molar-refractivity contribution in [3.63, 3.8) is 0 Å². The molecular weight excluding hydrogens is 266 g/mol. The van der Waals surface area contributed by atoms with Crippen LogP contribution in [0.1, 0.15) is 15.9 Å². The Morgan fingerprint density at radius 2 is 2.00 bits per heavy atom. The van der Waals surface area contributed by atoms with E-state index in [1.165, 1.54) is 5.56 Å². The molecule has 0 saturated heterocycles. The number of nitrogens with two attached hydrogens (primary N) is 1. The van der Waals surface area contributed by atoms with Crippen molar-refractivity contribution in [2.24, 2.45) is 5.73 Å². The summed E-state index contributed by atoms with van der Waals surface area (Å²) in [4.78, 5) is 25.4. The number of rotatable bonds is 3. The SMILES string of the molecule is NC(=O)c1ccc[n+](CC(=O)N2CCc3ccccc32)c1. The molecule has 0 fully saturated rings. The van der Waals surface area contributed by atoms with Crippen molar-refractivity contribution in [1.82, 2.24) is 0 Å². The molecule has 5 nitrogen and oxygen atoms in total. The van der Waals surface area contributed by atoms with E-state index in [1.807, 2.05) is 24.3 Å². The van der Waals surface area contributed by atoms with Crippen molar-refractivity contribution in [3.05, 3.63) is 59.9 Å². The molecule has 106 valence electrons. The number of carbonyl (C=O) groups excluding carboxylic acids is 2. The van der Waals surface area contributed by atoms with Gasteiger partial charge in [-0.05, 0) is 24.1 Å². The first kappa shape index (κ1) is 13.3. The molecule has 0 radical (unpaired) electrons. The zero-order valence-electron chi connectivity index (χ0n) is 11.5. The molecule has 21 heavy (non-hydrogen) atoms. The summed E-state index contributed by atoms with van der Waals surface area (Å²) in [6.45, 7) is 0.893. The van der Waals surface area contributed by atoms with Crippen LogP contribution >= 0.6 is 0 Å². The predicted octanol–water partition coefficient (Wildman–Crippen LogP) is 0.662. The molecule has 1 aromatic carbocycles. The van der Waals surface area contributed by atoms with Gasteiger partial charge in [-0.3, -0.25) is 9.59 Å². The third-order valence-electron chi connectivity index (χ3n) is 3.65. The largest absolute Gasteiger partial charge is 0.365 e. The summed E-state index contributed by atoms with van der Waals surface area (Å²) in [6, 6.07) is 11.3. The number of benzene rings is 1. The maximum absolute atomic E-state index is 12.4. The molecule has 0 spiro atoms. The maximum Gasteiger partial charge on any atom is 0.292 e. The van der Waals surface area contributed by atoms with Crippen LogP contribution in [-0.2, 0) is 17.8 Å². The van der Waals surface area contributed by atoms with Crippen LogP contribution in [0, 0.1) is 0 Å². The van der Waals surface area contributed by atoms with Gasteiger partial charge in [-0.1, -0.05) is 18.2 Å². The van der Waals surface area contributed by atoms with Crippen molar-refractivity contribution in [2.45, 2.75) is 13.0 Å². The number of aromatic nitrogens is 1. The van der Waals surface area contributed by atoms with Crippen LogP contribution in [-0.4, -0.2) is 18.4 Å². The van der Waals surface area contributed by atoms with Gasteiger partial charge in [0, 0.05) is 18.3 Å². The summed E-state index contributed by atoms with van der Waals surface area (Å²) < 4.78 is 1.68. The molecule has 0 saturated carbocycles. The van der Waals surface area contributed by atoms with E-state index in [2.05, 4.69) is 0 Å². The lowest BCUT2D eigenvalue weighted by Crippen LogP contribution is -2.44. The first-order valence-corrected chi connectivity index (χ1v) is 6.82. The van der Waals surface area contributed by atoms with Gasteiger partial charge < -0.3 is 10.6 Å². The smallest absolute Gasteiger partial charge is 0.292 e. The molecule has 3 rings (SSSR count). The van der Waals surface area contributed by atoms with E-state index in [9.17, 15) is 9.59 Å². The van der Waals surface area contributed by atoms with E-state index < -0.39 is 5.91 Å². The molecule has 1 aliphatic rings. The van der Waals surface area contributed by atoms with Gasteiger partial charge in [0.25, 0.3) is 11.8 Å². The molecule has 0 bridgehead atoms. The molecule has 1 aliphatic heterocycles. The Hall–Kier alpha value is -2.69. The molecule has 0 unspecified atom stereocenters. The summed E-state index contributed by atoms with van der Waals surface area (Å²) in [6.07, 6.45) is 4.24. The molecular formula is C16H16N3O2+. The van der Waals surface area contributed by atoms with Gasteiger partial charge >= 0.3 is 0 Å². The number of amides is 2. The Bertz CT molecular complexity index is 712. The van der Waals surface area contributed by atoms with Gasteiger partial charge in [-0.15, -0.1) is 0 Å². The van der Waals surface area contributed by atoms with Gasteiger partial charge in [-0.25, -0.2) is 0 Å². The van der Waals surface area contributed by atoms with Crippen LogP contribution in [0.2, 0.25) is 0 Å². The van der Waals surface area contributed by atoms with Crippen LogP contribution in [0.25, 0.3) is 0 Å². The standard InChI is InChI=1S/C16H15N3O2/c17-16(21)13-5-3-8-18(10-13)11-15(20)19-9-7-12-4-1-2-6-14(12)19/h1-6,8,10H,7,9,11H2,(H-,17,21)/p+1. The summed E-state index contributed by atoms with van der Waals surface area (Å²) >= 11 is 0. The van der Waals surface area contributed by atoms with Crippen molar-refractivity contribution in [2.75, 3.05) is 11.4 Å². The number of nitrogens with zero attached hydrogens (tertiary/aromatic N) is 2. The number of carbonyl (C=O) groups is 2. The number of primary amides is 1. The lowest BCUT2D eigenvalue weighted by Gasteiger charge is -2.15. The topological polar surface area (TPSA) is 67.3 Å². The van der Waals surface area contributed by atoms with Crippen molar-refractivity contribution in [1.29, 1.82) is 0 Å². The first-order valence-electron chi connectivity index (χ1n) is 6.82. The number of para-hydroxylation sites is 1. The third kappa shape index (κ3) is 2.63. The zero-order valence-corrected chi connectivity index (χ0v) is 11.5. The quantitative estimate of drug-likeness (QED) is 0.840. The summed E-state index contributed by atoms with van der Waals surface area (Å²) in [5.41, 5.74) is 7.82. The van der Waals surface area contributed by atoms with E-state index in [4.69, 9.17) is 5.73 Å². The Kier molecular flexibility index (Phi) is 3.39. The molecule has 2 N–H and O–H groups in total. The van der Waals surface area contributed by atoms with Crippen LogP contribution in [0.15, 0.2) is 48.8 Å². The van der Waals surface area contributed by atoms with Crippen molar-refractivity contribution in [3.8, 4) is 0 Å². The Labute approximate surface area is 122 Å². The number of hydrogen-bond donors (Lipinski definition) is 1. The van der Waals surface area contributed by atoms with E-state index >= 15 is 0 Å². The lowest BCUT2D eigenvalue weighted by atomic mass is 10.2. The van der Waals surface area contributed by atoms with E-state index in [1.54, 1.807) is 34.0 Å². The minimum atomic E-state index is -0.497. The highest BCUT2D eigenvalue weighted by Gasteiger charge is 2.26. The zero-order chi connectivity index (χ0) is 14.8. The van der Waals surface area contributed by atoms with Crippen LogP contribution in [0.5, 0.6) is 0 Å². The fraction of sp³-hybridized carbons (Fsp3) is 0.188. The fourth-order valence-corrected chi connectivity index (χ4v) is 2.60. The molecule has 2 amide bonds. The van der Waals surface area contributed by atoms with Crippen molar-refractivity contribution >= 4 is 17.5 Å². The van der Waals surface area contributed by atoms with E-state index in [-0.39, 0.29) is 12.5 Å². The highest BCUT2D eigenvalue weighted by atomic mass is 16.2. The molecule has 2 heterocycles. The minimum Gasteiger partial charge on any atom is -0.365 e. The molecule has 5 heteroatoms. The second-order valence-corrected chi connectivity index (χ2v) is 5.05. The predicted molar refractivity (Wildman–Crippen MR) is 77.7 cm³/mol. The lowest BCUT2D eigenvalue weighted by molar-refractivity contribution is -0.684. The Morgan fingerprint density at radius 3 is 2.81 bits per heavy atom. The van der Waals surface area contributed by atoms with Gasteiger partial charge in [0.1, 0.15) is 5.56 Å². The summed E-state index contributed by atoms with van der Waals surface area (Å²) in [5, 5.41) is 0. The molecule has 0 aliphatic carbocycles. The van der Waals surface area contributed by atoms with E-state index in [0.29, 0.717) is 12.1 Å². The average Bonchev–Trinajstić information content (AvgIpc) is 2.91. The second kappa shape index (κ2) is 5.36. The normalized spacial score (nSPS) is 13.0. The van der Waals surface area contributed by atoms with Gasteiger partial charge in [0.05, 0.1) is 0 Å². The summed E-state index contributed by atoms with van der Waals surface area (Å²) in [7, 11) is 0. The number of pyridine rings is 1. The second-order valence-electron chi connectivity index (χ2n) is 5.05. The highest BCUT2D eigenvalue weighted by molar-refractivity contribution is 5.94. The molecule has 0 atom stereocenters. The van der Waals surface area contributed by atoms with Gasteiger partial charge in [0.15, 0.2) is 12.4 Å². The Balaban J connectivity index is 1.79. The fourth-order valence-electron chi connectivity index (χ4n) is 2.60. The molecule has 2 aromatic rings. The van der Waals surface area contributed by atoms with Gasteiger partial charge in [0.2, 0.25) is 6.54 Å². The average molecular weight is 282 g/mol. The molecule has 1 aromatic heterocycles. The first-order chi connectivity index (χ1) is 10.1.